The third-order valence-electron chi connectivity index (χ3n) is 4.04. The predicted octanol–water partition coefficient (Wildman–Crippen LogP) is 4.06. The van der Waals surface area contributed by atoms with E-state index in [-0.39, 0.29) is 17.9 Å². The second kappa shape index (κ2) is 8.06. The number of rotatable bonds is 7. The van der Waals surface area contributed by atoms with Crippen LogP contribution in [0.4, 0.5) is 13.2 Å². The standard InChI is InChI=1S/C18H18F3N3O2S2/c1-13-11-16(17-3-2-10-27-17)23-24(13)9-8-22-28(25,26)12-14-4-6-15(7-5-14)18(19,20)21/h2-7,10-11,22H,8-9,12H2,1H3. The second-order valence-electron chi connectivity index (χ2n) is 6.22. The first-order valence-corrected chi connectivity index (χ1v) is 10.9. The van der Waals surface area contributed by atoms with Gasteiger partial charge in [0.25, 0.3) is 0 Å². The van der Waals surface area contributed by atoms with Crippen LogP contribution in [0.3, 0.4) is 0 Å². The van der Waals surface area contributed by atoms with Crippen LogP contribution in [0.15, 0.2) is 47.8 Å². The van der Waals surface area contributed by atoms with Gasteiger partial charge in [-0.05, 0) is 42.1 Å². The summed E-state index contributed by atoms with van der Waals surface area (Å²) < 4.78 is 66.3. The van der Waals surface area contributed by atoms with E-state index < -0.39 is 21.8 Å². The molecule has 0 aliphatic heterocycles. The Hall–Kier alpha value is -2.17. The molecule has 5 nitrogen and oxygen atoms in total. The molecule has 0 aliphatic carbocycles. The molecule has 3 rings (SSSR count). The predicted molar refractivity (Wildman–Crippen MR) is 102 cm³/mol. The summed E-state index contributed by atoms with van der Waals surface area (Å²) in [4.78, 5) is 1.03. The van der Waals surface area contributed by atoms with Crippen molar-refractivity contribution in [3.8, 4) is 10.6 Å². The van der Waals surface area contributed by atoms with Crippen molar-refractivity contribution >= 4 is 21.4 Å². The smallest absolute Gasteiger partial charge is 0.268 e. The minimum absolute atomic E-state index is 0.134. The fourth-order valence-electron chi connectivity index (χ4n) is 2.65. The van der Waals surface area contributed by atoms with E-state index in [1.54, 1.807) is 16.0 Å². The summed E-state index contributed by atoms with van der Waals surface area (Å²) in [5, 5.41) is 6.43. The summed E-state index contributed by atoms with van der Waals surface area (Å²) in [7, 11) is -3.67. The van der Waals surface area contributed by atoms with Gasteiger partial charge < -0.3 is 0 Å². The number of alkyl halides is 3. The summed E-state index contributed by atoms with van der Waals surface area (Å²) in [6, 6.07) is 9.93. The van der Waals surface area contributed by atoms with Crippen molar-refractivity contribution in [3.63, 3.8) is 0 Å². The Morgan fingerprint density at radius 2 is 1.89 bits per heavy atom. The van der Waals surface area contributed by atoms with Gasteiger partial charge in [0.2, 0.25) is 10.0 Å². The van der Waals surface area contributed by atoms with Crippen LogP contribution >= 0.6 is 11.3 Å². The van der Waals surface area contributed by atoms with E-state index in [0.717, 1.165) is 28.4 Å². The van der Waals surface area contributed by atoms with Gasteiger partial charge >= 0.3 is 6.18 Å². The summed E-state index contributed by atoms with van der Waals surface area (Å²) >= 11 is 1.57. The number of aryl methyl sites for hydroxylation is 1. The quantitative estimate of drug-likeness (QED) is 0.616. The van der Waals surface area contributed by atoms with Crippen molar-refractivity contribution in [1.82, 2.24) is 14.5 Å². The number of aromatic nitrogens is 2. The average molecular weight is 429 g/mol. The molecule has 0 aliphatic rings. The molecule has 0 amide bonds. The van der Waals surface area contributed by atoms with E-state index in [1.807, 2.05) is 30.5 Å². The molecule has 0 unspecified atom stereocenters. The topological polar surface area (TPSA) is 64.0 Å². The zero-order valence-corrected chi connectivity index (χ0v) is 16.5. The summed E-state index contributed by atoms with van der Waals surface area (Å²) in [6.45, 7) is 2.37. The van der Waals surface area contributed by atoms with Crippen molar-refractivity contribution in [1.29, 1.82) is 0 Å². The molecule has 0 spiro atoms. The lowest BCUT2D eigenvalue weighted by molar-refractivity contribution is -0.137. The molecule has 28 heavy (non-hydrogen) atoms. The molecular weight excluding hydrogens is 411 g/mol. The largest absolute Gasteiger partial charge is 0.416 e. The Kier molecular flexibility index (Phi) is 5.92. The normalized spacial score (nSPS) is 12.4. The summed E-state index contributed by atoms with van der Waals surface area (Å²) in [5.41, 5.74) is 1.22. The van der Waals surface area contributed by atoms with E-state index in [2.05, 4.69) is 9.82 Å². The molecule has 0 saturated carbocycles. The highest BCUT2D eigenvalue weighted by molar-refractivity contribution is 7.88. The van der Waals surface area contributed by atoms with E-state index in [0.29, 0.717) is 6.54 Å². The lowest BCUT2D eigenvalue weighted by Crippen LogP contribution is -2.29. The maximum absolute atomic E-state index is 12.6. The zero-order valence-electron chi connectivity index (χ0n) is 14.9. The highest BCUT2D eigenvalue weighted by Crippen LogP contribution is 2.29. The monoisotopic (exact) mass is 429 g/mol. The Labute approximate surface area is 164 Å². The second-order valence-corrected chi connectivity index (χ2v) is 8.97. The Balaban J connectivity index is 1.57. The fourth-order valence-corrected chi connectivity index (χ4v) is 4.47. The van der Waals surface area contributed by atoms with Crippen LogP contribution in [-0.2, 0) is 28.5 Å². The van der Waals surface area contributed by atoms with Crippen LogP contribution in [0.1, 0.15) is 16.8 Å². The number of halogens is 3. The van der Waals surface area contributed by atoms with Gasteiger partial charge in [-0.1, -0.05) is 18.2 Å². The number of sulfonamides is 1. The van der Waals surface area contributed by atoms with Gasteiger partial charge in [0, 0.05) is 12.2 Å². The number of hydrogen-bond acceptors (Lipinski definition) is 4. The molecule has 150 valence electrons. The van der Waals surface area contributed by atoms with E-state index in [1.165, 1.54) is 12.1 Å². The van der Waals surface area contributed by atoms with E-state index >= 15 is 0 Å². The molecule has 3 aromatic rings. The fraction of sp³-hybridized carbons (Fsp3) is 0.278. The van der Waals surface area contributed by atoms with Gasteiger partial charge in [-0.15, -0.1) is 11.3 Å². The number of hydrogen-bond donors (Lipinski definition) is 1. The molecule has 1 N–H and O–H groups in total. The average Bonchev–Trinajstić information content (AvgIpc) is 3.24. The van der Waals surface area contributed by atoms with Crippen LogP contribution in [0.5, 0.6) is 0 Å². The summed E-state index contributed by atoms with van der Waals surface area (Å²) in [5.74, 6) is -0.385. The molecule has 0 atom stereocenters. The van der Waals surface area contributed by atoms with Gasteiger partial charge in [-0.2, -0.15) is 18.3 Å². The molecule has 0 fully saturated rings. The SMILES string of the molecule is Cc1cc(-c2cccs2)nn1CCNS(=O)(=O)Cc1ccc(C(F)(F)F)cc1. The molecule has 10 heteroatoms. The highest BCUT2D eigenvalue weighted by Gasteiger charge is 2.30. The number of nitrogens with zero attached hydrogens (tertiary/aromatic N) is 2. The van der Waals surface area contributed by atoms with Gasteiger partial charge in [-0.25, -0.2) is 13.1 Å². The van der Waals surface area contributed by atoms with Crippen molar-refractivity contribution in [2.75, 3.05) is 6.54 Å². The van der Waals surface area contributed by atoms with Crippen LogP contribution < -0.4 is 4.72 Å². The third kappa shape index (κ3) is 5.21. The van der Waals surface area contributed by atoms with Crippen molar-refractivity contribution in [3.05, 3.63) is 64.7 Å². The van der Waals surface area contributed by atoms with Crippen molar-refractivity contribution in [2.24, 2.45) is 0 Å². The molecule has 0 saturated heterocycles. The van der Waals surface area contributed by atoms with E-state index in [9.17, 15) is 21.6 Å². The minimum atomic E-state index is -4.45. The van der Waals surface area contributed by atoms with Gasteiger partial charge in [0.1, 0.15) is 5.69 Å². The van der Waals surface area contributed by atoms with Crippen LogP contribution in [0.2, 0.25) is 0 Å². The van der Waals surface area contributed by atoms with Crippen LogP contribution in [0.25, 0.3) is 10.6 Å². The highest BCUT2D eigenvalue weighted by atomic mass is 32.2. The first-order valence-electron chi connectivity index (χ1n) is 8.36. The molecule has 1 aromatic carbocycles. The molecule has 2 aromatic heterocycles. The first kappa shape index (κ1) is 20.6. The zero-order chi connectivity index (χ0) is 20.4. The van der Waals surface area contributed by atoms with Gasteiger partial charge in [-0.3, -0.25) is 4.68 Å². The van der Waals surface area contributed by atoms with Gasteiger partial charge in [0.05, 0.1) is 22.7 Å². The lowest BCUT2D eigenvalue weighted by atomic mass is 10.1. The lowest BCUT2D eigenvalue weighted by Gasteiger charge is -2.10. The van der Waals surface area contributed by atoms with E-state index in [4.69, 9.17) is 0 Å². The minimum Gasteiger partial charge on any atom is -0.268 e. The van der Waals surface area contributed by atoms with Crippen LogP contribution in [0, 0.1) is 6.92 Å². The van der Waals surface area contributed by atoms with Gasteiger partial charge in [0.15, 0.2) is 0 Å². The number of benzene rings is 1. The molecular formula is C18H18F3N3O2S2. The molecule has 0 radical (unpaired) electrons. The Bertz CT molecular complexity index is 1030. The first-order chi connectivity index (χ1) is 13.1. The number of nitrogens with one attached hydrogen (secondary N) is 1. The Morgan fingerprint density at radius 3 is 2.50 bits per heavy atom. The number of thiophene rings is 1. The molecule has 0 bridgehead atoms. The van der Waals surface area contributed by atoms with Crippen molar-refractivity contribution in [2.45, 2.75) is 25.4 Å². The van der Waals surface area contributed by atoms with Crippen LogP contribution in [-0.4, -0.2) is 24.7 Å². The maximum Gasteiger partial charge on any atom is 0.416 e. The van der Waals surface area contributed by atoms with Crippen molar-refractivity contribution < 1.29 is 21.6 Å². The summed E-state index contributed by atoms with van der Waals surface area (Å²) in [6.07, 6.45) is -4.45. The maximum atomic E-state index is 12.6. The Morgan fingerprint density at radius 1 is 1.18 bits per heavy atom. The third-order valence-corrected chi connectivity index (χ3v) is 6.29. The molecule has 2 heterocycles.